The van der Waals surface area contributed by atoms with Crippen LogP contribution in [0.4, 0.5) is 0 Å². The van der Waals surface area contributed by atoms with Gasteiger partial charge in [-0.15, -0.1) is 11.3 Å². The third kappa shape index (κ3) is 1.94. The van der Waals surface area contributed by atoms with Crippen molar-refractivity contribution in [1.29, 1.82) is 0 Å². The second-order valence-corrected chi connectivity index (χ2v) is 5.82. The molecular formula is C12H7ClN2OS2. The van der Waals surface area contributed by atoms with Crippen molar-refractivity contribution in [2.45, 2.75) is 9.92 Å². The summed E-state index contributed by atoms with van der Waals surface area (Å²) in [6.07, 6.45) is 2.67. The predicted molar refractivity (Wildman–Crippen MR) is 74.0 cm³/mol. The smallest absolute Gasteiger partial charge is 0.195 e. The molecule has 0 atom stereocenters. The van der Waals surface area contributed by atoms with Gasteiger partial charge in [-0.3, -0.25) is 9.20 Å². The summed E-state index contributed by atoms with van der Waals surface area (Å²) in [7, 11) is 0. The average Bonchev–Trinajstić information content (AvgIpc) is 2.92. The Balaban J connectivity index is 2.07. The second-order valence-electron chi connectivity index (χ2n) is 3.51. The van der Waals surface area contributed by atoms with Crippen molar-refractivity contribution >= 4 is 45.9 Å². The van der Waals surface area contributed by atoms with E-state index in [9.17, 15) is 4.79 Å². The molecule has 0 aliphatic heterocycles. The minimum absolute atomic E-state index is 0.566. The Kier molecular flexibility index (Phi) is 3.11. The minimum atomic E-state index is 0.566. The monoisotopic (exact) mass is 294 g/mol. The van der Waals surface area contributed by atoms with Crippen molar-refractivity contribution in [3.8, 4) is 0 Å². The molecule has 0 amide bonds. The van der Waals surface area contributed by atoms with Crippen LogP contribution in [0.5, 0.6) is 0 Å². The van der Waals surface area contributed by atoms with Crippen molar-refractivity contribution in [2.75, 3.05) is 0 Å². The number of carbonyl (C=O) groups excluding carboxylic acids is 1. The lowest BCUT2D eigenvalue weighted by atomic mass is 10.4. The normalized spacial score (nSPS) is 10.9. The van der Waals surface area contributed by atoms with E-state index in [2.05, 4.69) is 4.98 Å². The first-order valence-corrected chi connectivity index (χ1v) is 7.20. The van der Waals surface area contributed by atoms with Crippen LogP contribution in [-0.4, -0.2) is 15.7 Å². The molecule has 0 fully saturated rings. The number of carbonyl (C=O) groups is 1. The zero-order chi connectivity index (χ0) is 12.5. The number of aromatic nitrogens is 2. The molecule has 2 heterocycles. The van der Waals surface area contributed by atoms with Crippen LogP contribution in [0, 0.1) is 0 Å². The molecule has 3 aromatic rings. The Morgan fingerprint density at radius 2 is 2.22 bits per heavy atom. The maximum Gasteiger partial charge on any atom is 0.195 e. The summed E-state index contributed by atoms with van der Waals surface area (Å²) in [4.78, 5) is 17.3. The van der Waals surface area contributed by atoms with Crippen LogP contribution in [-0.2, 0) is 0 Å². The number of nitrogens with zero attached hydrogens (tertiary/aromatic N) is 2. The Morgan fingerprint density at radius 1 is 1.39 bits per heavy atom. The standard InChI is InChI=1S/C12H7ClN2OS2/c13-8-3-1-2-4-10(8)18-11-9(7-16)15-5-6-17-12(15)14-11/h1-7H. The predicted octanol–water partition coefficient (Wildman–Crippen LogP) is 4.01. The van der Waals surface area contributed by atoms with Gasteiger partial charge in [0.15, 0.2) is 11.2 Å². The second kappa shape index (κ2) is 4.76. The highest BCUT2D eigenvalue weighted by Crippen LogP contribution is 2.34. The summed E-state index contributed by atoms with van der Waals surface area (Å²) in [5.74, 6) is 0. The van der Waals surface area contributed by atoms with Gasteiger partial charge in [0.1, 0.15) is 10.7 Å². The van der Waals surface area contributed by atoms with Crippen LogP contribution >= 0.6 is 34.7 Å². The summed E-state index contributed by atoms with van der Waals surface area (Å²) in [6.45, 7) is 0. The van der Waals surface area contributed by atoms with E-state index in [0.29, 0.717) is 15.7 Å². The van der Waals surface area contributed by atoms with Gasteiger partial charge in [-0.05, 0) is 12.1 Å². The molecule has 90 valence electrons. The fourth-order valence-electron chi connectivity index (χ4n) is 1.60. The van der Waals surface area contributed by atoms with Crippen LogP contribution in [0.2, 0.25) is 5.02 Å². The lowest BCUT2D eigenvalue weighted by Crippen LogP contribution is -1.88. The van der Waals surface area contributed by atoms with E-state index in [-0.39, 0.29) is 0 Å². The molecule has 0 saturated heterocycles. The molecule has 0 unspecified atom stereocenters. The summed E-state index contributed by atoms with van der Waals surface area (Å²) in [6, 6.07) is 7.52. The molecule has 2 aromatic heterocycles. The molecule has 1 aromatic carbocycles. The number of fused-ring (bicyclic) bond motifs is 1. The van der Waals surface area contributed by atoms with E-state index in [1.54, 1.807) is 4.40 Å². The highest BCUT2D eigenvalue weighted by molar-refractivity contribution is 7.99. The van der Waals surface area contributed by atoms with Gasteiger partial charge in [0.2, 0.25) is 0 Å². The molecule has 0 saturated carbocycles. The number of hydrogen-bond acceptors (Lipinski definition) is 4. The molecule has 3 nitrogen and oxygen atoms in total. The van der Waals surface area contributed by atoms with E-state index in [0.717, 1.165) is 16.1 Å². The van der Waals surface area contributed by atoms with E-state index < -0.39 is 0 Å². The molecule has 18 heavy (non-hydrogen) atoms. The van der Waals surface area contributed by atoms with E-state index in [1.165, 1.54) is 23.1 Å². The van der Waals surface area contributed by atoms with Crippen molar-refractivity contribution in [1.82, 2.24) is 9.38 Å². The number of rotatable bonds is 3. The maximum atomic E-state index is 11.2. The van der Waals surface area contributed by atoms with E-state index in [1.807, 2.05) is 35.8 Å². The van der Waals surface area contributed by atoms with Crippen molar-refractivity contribution in [2.24, 2.45) is 0 Å². The zero-order valence-electron chi connectivity index (χ0n) is 9.04. The highest BCUT2D eigenvalue weighted by Gasteiger charge is 2.14. The van der Waals surface area contributed by atoms with Crippen LogP contribution in [0.1, 0.15) is 10.5 Å². The van der Waals surface area contributed by atoms with Crippen LogP contribution in [0.3, 0.4) is 0 Å². The first kappa shape index (κ1) is 11.8. The molecule has 0 aliphatic rings. The van der Waals surface area contributed by atoms with E-state index >= 15 is 0 Å². The molecule has 0 radical (unpaired) electrons. The van der Waals surface area contributed by atoms with Gasteiger partial charge in [-0.25, -0.2) is 4.98 Å². The fourth-order valence-corrected chi connectivity index (χ4v) is 3.53. The molecule has 0 spiro atoms. The van der Waals surface area contributed by atoms with Gasteiger partial charge in [0, 0.05) is 16.5 Å². The van der Waals surface area contributed by atoms with Crippen LogP contribution < -0.4 is 0 Å². The minimum Gasteiger partial charge on any atom is -0.296 e. The number of hydrogen-bond donors (Lipinski definition) is 0. The molecule has 0 bridgehead atoms. The molecule has 0 aliphatic carbocycles. The van der Waals surface area contributed by atoms with Crippen molar-refractivity contribution < 1.29 is 4.79 Å². The van der Waals surface area contributed by atoms with Gasteiger partial charge in [-0.2, -0.15) is 0 Å². The Labute approximate surface area is 116 Å². The summed E-state index contributed by atoms with van der Waals surface area (Å²) >= 11 is 9.01. The number of halogens is 1. The van der Waals surface area contributed by atoms with Gasteiger partial charge in [0.25, 0.3) is 0 Å². The lowest BCUT2D eigenvalue weighted by molar-refractivity contribution is 0.111. The lowest BCUT2D eigenvalue weighted by Gasteiger charge is -2.01. The topological polar surface area (TPSA) is 34.4 Å². The van der Waals surface area contributed by atoms with Crippen molar-refractivity contribution in [3.05, 3.63) is 46.6 Å². The Hall–Kier alpha value is -1.30. The SMILES string of the molecule is O=Cc1c(Sc2ccccc2Cl)nc2sccn12. The quantitative estimate of drug-likeness (QED) is 0.684. The maximum absolute atomic E-state index is 11.2. The van der Waals surface area contributed by atoms with Crippen molar-refractivity contribution in [3.63, 3.8) is 0 Å². The number of thiazole rings is 1. The summed E-state index contributed by atoms with van der Waals surface area (Å²) < 4.78 is 1.79. The third-order valence-electron chi connectivity index (χ3n) is 2.42. The van der Waals surface area contributed by atoms with Gasteiger partial charge in [0.05, 0.1) is 5.02 Å². The first-order chi connectivity index (χ1) is 8.79. The number of aldehydes is 1. The largest absolute Gasteiger partial charge is 0.296 e. The molecule has 6 heteroatoms. The summed E-state index contributed by atoms with van der Waals surface area (Å²) in [5.41, 5.74) is 0.566. The Bertz CT molecular complexity index is 720. The van der Waals surface area contributed by atoms with Crippen LogP contribution in [0.15, 0.2) is 45.8 Å². The van der Waals surface area contributed by atoms with Gasteiger partial charge < -0.3 is 0 Å². The molecule has 3 rings (SSSR count). The van der Waals surface area contributed by atoms with E-state index in [4.69, 9.17) is 11.6 Å². The molecule has 0 N–H and O–H groups in total. The van der Waals surface area contributed by atoms with Gasteiger partial charge in [-0.1, -0.05) is 35.5 Å². The molecular weight excluding hydrogens is 288 g/mol. The highest BCUT2D eigenvalue weighted by atomic mass is 35.5. The third-order valence-corrected chi connectivity index (χ3v) is 4.69. The van der Waals surface area contributed by atoms with Crippen LogP contribution in [0.25, 0.3) is 4.96 Å². The first-order valence-electron chi connectivity index (χ1n) is 5.12. The fraction of sp³-hybridized carbons (Fsp3) is 0. The Morgan fingerprint density at radius 3 is 3.00 bits per heavy atom. The zero-order valence-corrected chi connectivity index (χ0v) is 11.4. The summed E-state index contributed by atoms with van der Waals surface area (Å²) in [5, 5.41) is 3.25. The van der Waals surface area contributed by atoms with Gasteiger partial charge >= 0.3 is 0 Å². The average molecular weight is 295 g/mol. The number of benzene rings is 1. The number of imidazole rings is 1.